The van der Waals surface area contributed by atoms with Gasteiger partial charge in [0.25, 0.3) is 11.5 Å². The highest BCUT2D eigenvalue weighted by Gasteiger charge is 2.18. The van der Waals surface area contributed by atoms with E-state index in [1.165, 1.54) is 16.3 Å². The summed E-state index contributed by atoms with van der Waals surface area (Å²) in [4.78, 5) is 45.5. The maximum atomic E-state index is 13.5. The fraction of sp³-hybridized carbons (Fsp3) is 0.185. The maximum Gasteiger partial charge on any atom is 0.266 e. The van der Waals surface area contributed by atoms with Crippen molar-refractivity contribution < 1.29 is 9.59 Å². The fourth-order valence-corrected chi connectivity index (χ4v) is 4.64. The van der Waals surface area contributed by atoms with Crippen LogP contribution in [0, 0.1) is 0 Å². The number of carbonyl (C=O) groups is 2. The molecule has 0 aliphatic heterocycles. The summed E-state index contributed by atoms with van der Waals surface area (Å²) < 4.78 is 1.52. The number of carbonyl (C=O) groups excluding carboxylic acids is 2. The van der Waals surface area contributed by atoms with Crippen molar-refractivity contribution in [3.05, 3.63) is 100 Å². The Hall–Kier alpha value is -3.71. The normalized spacial score (nSPS) is 10.9. The van der Waals surface area contributed by atoms with Crippen molar-refractivity contribution in [1.82, 2.24) is 14.5 Å². The first-order valence-corrected chi connectivity index (χ1v) is 12.1. The van der Waals surface area contributed by atoms with Gasteiger partial charge in [0.1, 0.15) is 0 Å². The second-order valence-electron chi connectivity index (χ2n) is 7.66. The summed E-state index contributed by atoms with van der Waals surface area (Å²) in [5.74, 6) is -0.0215. The molecule has 0 saturated carbocycles. The number of aromatic nitrogens is 2. The van der Waals surface area contributed by atoms with Gasteiger partial charge < -0.3 is 4.90 Å². The highest BCUT2D eigenvalue weighted by molar-refractivity contribution is 7.99. The first-order chi connectivity index (χ1) is 16.5. The molecule has 6 nitrogen and oxygen atoms in total. The van der Waals surface area contributed by atoms with E-state index in [4.69, 9.17) is 4.98 Å². The van der Waals surface area contributed by atoms with E-state index in [0.29, 0.717) is 46.0 Å². The van der Waals surface area contributed by atoms with Gasteiger partial charge in [-0.25, -0.2) is 4.98 Å². The van der Waals surface area contributed by atoms with Crippen molar-refractivity contribution in [3.63, 3.8) is 0 Å². The molecule has 1 aromatic heterocycles. The summed E-state index contributed by atoms with van der Waals surface area (Å²) in [5.41, 5.74) is 1.95. The average Bonchev–Trinajstić information content (AvgIpc) is 2.88. The second-order valence-corrected chi connectivity index (χ2v) is 8.60. The van der Waals surface area contributed by atoms with E-state index in [-0.39, 0.29) is 23.0 Å². The Morgan fingerprint density at radius 1 is 0.882 bits per heavy atom. The molecule has 0 bridgehead atoms. The number of nitrogens with zero attached hydrogens (tertiary/aromatic N) is 3. The standard InChI is InChI=1S/C27H25N3O3S/c1-3-29(4-2)25(32)20-15-16-22-23(17-20)28-27(30(26(22)33)21-13-9-6-10-14-21)34-18-24(31)19-11-7-5-8-12-19/h5-17H,3-4,18H2,1-2H3. The molecular weight excluding hydrogens is 446 g/mol. The Labute approximate surface area is 202 Å². The zero-order valence-electron chi connectivity index (χ0n) is 19.1. The van der Waals surface area contributed by atoms with Gasteiger partial charge in [-0.1, -0.05) is 60.3 Å². The van der Waals surface area contributed by atoms with Gasteiger partial charge in [0.15, 0.2) is 10.9 Å². The van der Waals surface area contributed by atoms with Crippen LogP contribution in [0.1, 0.15) is 34.6 Å². The van der Waals surface area contributed by atoms with Gasteiger partial charge in [0, 0.05) is 24.2 Å². The van der Waals surface area contributed by atoms with Gasteiger partial charge >= 0.3 is 0 Å². The van der Waals surface area contributed by atoms with Gasteiger partial charge in [-0.2, -0.15) is 0 Å². The third-order valence-electron chi connectivity index (χ3n) is 5.58. The van der Waals surface area contributed by atoms with Crippen molar-refractivity contribution in [2.24, 2.45) is 0 Å². The Bertz CT molecular complexity index is 1380. The summed E-state index contributed by atoms with van der Waals surface area (Å²) in [6.45, 7) is 5.05. The summed E-state index contributed by atoms with van der Waals surface area (Å²) >= 11 is 1.21. The van der Waals surface area contributed by atoms with Gasteiger partial charge in [-0.05, 0) is 44.2 Å². The molecule has 172 valence electrons. The van der Waals surface area contributed by atoms with Crippen molar-refractivity contribution in [2.45, 2.75) is 19.0 Å². The lowest BCUT2D eigenvalue weighted by Crippen LogP contribution is -2.30. The largest absolute Gasteiger partial charge is 0.339 e. The van der Waals surface area contributed by atoms with E-state index in [9.17, 15) is 14.4 Å². The lowest BCUT2D eigenvalue weighted by Gasteiger charge is -2.19. The van der Waals surface area contributed by atoms with Gasteiger partial charge in [0.05, 0.1) is 22.3 Å². The van der Waals surface area contributed by atoms with Gasteiger partial charge in [-0.15, -0.1) is 0 Å². The minimum absolute atomic E-state index is 0.0509. The first kappa shape index (κ1) is 23.4. The number of para-hydroxylation sites is 1. The Morgan fingerprint density at radius 2 is 1.53 bits per heavy atom. The van der Waals surface area contributed by atoms with Crippen LogP contribution in [-0.2, 0) is 0 Å². The van der Waals surface area contributed by atoms with Crippen molar-refractivity contribution in [2.75, 3.05) is 18.8 Å². The van der Waals surface area contributed by atoms with Crippen LogP contribution in [0.3, 0.4) is 0 Å². The molecule has 0 atom stereocenters. The fourth-order valence-electron chi connectivity index (χ4n) is 3.73. The molecule has 7 heteroatoms. The number of Topliss-reactive ketones (excluding diaryl/α,β-unsaturated/α-hetero) is 1. The molecule has 0 unspecified atom stereocenters. The van der Waals surface area contributed by atoms with Gasteiger partial charge in [-0.3, -0.25) is 19.0 Å². The predicted octanol–water partition coefficient (Wildman–Crippen LogP) is 4.84. The Balaban J connectivity index is 1.79. The third-order valence-corrected chi connectivity index (χ3v) is 6.52. The molecule has 0 fully saturated rings. The lowest BCUT2D eigenvalue weighted by molar-refractivity contribution is 0.0773. The number of thioether (sulfide) groups is 1. The van der Waals surface area contributed by atoms with Crippen LogP contribution in [0.15, 0.2) is 88.8 Å². The molecule has 3 aromatic carbocycles. The van der Waals surface area contributed by atoms with Crippen LogP contribution in [0.4, 0.5) is 0 Å². The number of benzene rings is 3. The van der Waals surface area contributed by atoms with E-state index < -0.39 is 0 Å². The maximum absolute atomic E-state index is 13.5. The van der Waals surface area contributed by atoms with E-state index in [1.54, 1.807) is 35.2 Å². The monoisotopic (exact) mass is 471 g/mol. The molecule has 1 heterocycles. The number of rotatable bonds is 8. The minimum atomic E-state index is -0.243. The average molecular weight is 472 g/mol. The van der Waals surface area contributed by atoms with E-state index in [1.807, 2.05) is 62.4 Å². The lowest BCUT2D eigenvalue weighted by atomic mass is 10.1. The Kier molecular flexibility index (Phi) is 7.23. The minimum Gasteiger partial charge on any atom is -0.339 e. The quantitative estimate of drug-likeness (QED) is 0.209. The Morgan fingerprint density at radius 3 is 2.18 bits per heavy atom. The van der Waals surface area contributed by atoms with Crippen molar-refractivity contribution >= 4 is 34.4 Å². The van der Waals surface area contributed by atoms with Crippen molar-refractivity contribution in [3.8, 4) is 5.69 Å². The zero-order chi connectivity index (χ0) is 24.1. The summed E-state index contributed by atoms with van der Waals surface area (Å²) in [5, 5.41) is 0.819. The van der Waals surface area contributed by atoms with Crippen LogP contribution >= 0.6 is 11.8 Å². The number of hydrogen-bond acceptors (Lipinski definition) is 5. The number of amides is 1. The summed E-state index contributed by atoms with van der Waals surface area (Å²) in [7, 11) is 0. The molecule has 1 amide bonds. The van der Waals surface area contributed by atoms with E-state index in [2.05, 4.69) is 0 Å². The van der Waals surface area contributed by atoms with Crippen LogP contribution in [-0.4, -0.2) is 45.0 Å². The molecule has 0 radical (unpaired) electrons. The van der Waals surface area contributed by atoms with E-state index in [0.717, 1.165) is 0 Å². The second kappa shape index (κ2) is 10.5. The van der Waals surface area contributed by atoms with Crippen LogP contribution < -0.4 is 5.56 Å². The molecule has 34 heavy (non-hydrogen) atoms. The molecule has 0 spiro atoms. The van der Waals surface area contributed by atoms with E-state index >= 15 is 0 Å². The highest BCUT2D eigenvalue weighted by Crippen LogP contribution is 2.23. The number of ketones is 1. The first-order valence-electron chi connectivity index (χ1n) is 11.2. The smallest absolute Gasteiger partial charge is 0.266 e. The van der Waals surface area contributed by atoms with Crippen LogP contribution in [0.25, 0.3) is 16.6 Å². The molecular formula is C27H25N3O3S. The molecule has 0 aliphatic rings. The topological polar surface area (TPSA) is 72.3 Å². The van der Waals surface area contributed by atoms with Crippen LogP contribution in [0.5, 0.6) is 0 Å². The van der Waals surface area contributed by atoms with Crippen LogP contribution in [0.2, 0.25) is 0 Å². The summed E-state index contributed by atoms with van der Waals surface area (Å²) in [6, 6.07) is 23.3. The zero-order valence-corrected chi connectivity index (χ0v) is 19.9. The molecule has 0 saturated heterocycles. The van der Waals surface area contributed by atoms with Gasteiger partial charge in [0.2, 0.25) is 0 Å². The third kappa shape index (κ3) is 4.79. The predicted molar refractivity (Wildman–Crippen MR) is 136 cm³/mol. The molecule has 0 N–H and O–H groups in total. The SMILES string of the molecule is CCN(CC)C(=O)c1ccc2c(=O)n(-c3ccccc3)c(SCC(=O)c3ccccc3)nc2c1. The molecule has 4 aromatic rings. The van der Waals surface area contributed by atoms with Crippen molar-refractivity contribution in [1.29, 1.82) is 0 Å². The number of hydrogen-bond donors (Lipinski definition) is 0. The molecule has 0 aliphatic carbocycles. The highest BCUT2D eigenvalue weighted by atomic mass is 32.2. The number of fused-ring (bicyclic) bond motifs is 1. The summed E-state index contributed by atoms with van der Waals surface area (Å²) in [6.07, 6.45) is 0. The molecule has 4 rings (SSSR count).